The summed E-state index contributed by atoms with van der Waals surface area (Å²) in [4.78, 5) is 22.0. The van der Waals surface area contributed by atoms with Gasteiger partial charge in [-0.25, -0.2) is 9.59 Å². The molecule has 0 fully saturated rings. The van der Waals surface area contributed by atoms with Gasteiger partial charge >= 0.3 is 11.9 Å². The summed E-state index contributed by atoms with van der Waals surface area (Å²) >= 11 is 0. The minimum atomic E-state index is -0.475. The third-order valence-corrected chi connectivity index (χ3v) is 2.22. The van der Waals surface area contributed by atoms with Crippen molar-refractivity contribution in [1.82, 2.24) is 0 Å². The zero-order chi connectivity index (χ0) is 9.84. The van der Waals surface area contributed by atoms with Gasteiger partial charge in [0.25, 0.3) is 0 Å². The van der Waals surface area contributed by atoms with Gasteiger partial charge < -0.3 is 4.74 Å². The number of hydrogen-bond acceptors (Lipinski definition) is 3. The van der Waals surface area contributed by atoms with Gasteiger partial charge in [-0.3, -0.25) is 0 Å². The summed E-state index contributed by atoms with van der Waals surface area (Å²) in [5.74, 6) is -0.921. The SMILES string of the molecule is CCCCCC1=C(C)C(=O)OC1=O. The molecule has 13 heavy (non-hydrogen) atoms. The van der Waals surface area contributed by atoms with Crippen LogP contribution in [0.15, 0.2) is 11.1 Å². The van der Waals surface area contributed by atoms with Crippen LogP contribution in [0.4, 0.5) is 0 Å². The molecule has 0 aromatic rings. The first kappa shape index (κ1) is 9.96. The molecule has 0 aromatic heterocycles. The lowest BCUT2D eigenvalue weighted by Gasteiger charge is -1.97. The molecule has 0 aromatic carbocycles. The van der Waals surface area contributed by atoms with Crippen molar-refractivity contribution in [3.63, 3.8) is 0 Å². The maximum atomic E-state index is 11.1. The Morgan fingerprint density at radius 3 is 2.31 bits per heavy atom. The van der Waals surface area contributed by atoms with Gasteiger partial charge in [-0.1, -0.05) is 19.8 Å². The zero-order valence-electron chi connectivity index (χ0n) is 8.05. The van der Waals surface area contributed by atoms with Gasteiger partial charge in [0.05, 0.1) is 0 Å². The number of ether oxygens (including phenoxy) is 1. The number of cyclic esters (lactones) is 2. The predicted molar refractivity (Wildman–Crippen MR) is 47.9 cm³/mol. The van der Waals surface area contributed by atoms with Gasteiger partial charge in [0.2, 0.25) is 0 Å². The number of unbranched alkanes of at least 4 members (excludes halogenated alkanes) is 2. The van der Waals surface area contributed by atoms with Crippen molar-refractivity contribution in [2.45, 2.75) is 39.5 Å². The van der Waals surface area contributed by atoms with E-state index in [-0.39, 0.29) is 0 Å². The monoisotopic (exact) mass is 182 g/mol. The average molecular weight is 182 g/mol. The normalized spacial score (nSPS) is 16.8. The second kappa shape index (κ2) is 4.21. The summed E-state index contributed by atoms with van der Waals surface area (Å²) in [6, 6.07) is 0. The van der Waals surface area contributed by atoms with Gasteiger partial charge in [-0.2, -0.15) is 0 Å². The van der Waals surface area contributed by atoms with Crippen LogP contribution < -0.4 is 0 Å². The van der Waals surface area contributed by atoms with Crippen molar-refractivity contribution >= 4 is 11.9 Å². The van der Waals surface area contributed by atoms with E-state index in [0.717, 1.165) is 19.3 Å². The molecule has 1 aliphatic heterocycles. The number of esters is 2. The quantitative estimate of drug-likeness (QED) is 0.379. The average Bonchev–Trinajstić information content (AvgIpc) is 2.32. The minimum Gasteiger partial charge on any atom is -0.386 e. The van der Waals surface area contributed by atoms with Gasteiger partial charge in [-0.05, 0) is 19.8 Å². The lowest BCUT2D eigenvalue weighted by Crippen LogP contribution is -2.01. The van der Waals surface area contributed by atoms with E-state index in [1.54, 1.807) is 6.92 Å². The maximum Gasteiger partial charge on any atom is 0.342 e. The van der Waals surface area contributed by atoms with Crippen LogP contribution in [0.1, 0.15) is 39.5 Å². The number of hydrogen-bond donors (Lipinski definition) is 0. The van der Waals surface area contributed by atoms with Gasteiger partial charge in [0.15, 0.2) is 0 Å². The maximum absolute atomic E-state index is 11.1. The largest absolute Gasteiger partial charge is 0.386 e. The first-order valence-electron chi connectivity index (χ1n) is 4.63. The second-order valence-corrected chi connectivity index (χ2v) is 3.24. The van der Waals surface area contributed by atoms with Crippen LogP contribution >= 0.6 is 0 Å². The molecule has 0 aliphatic carbocycles. The van der Waals surface area contributed by atoms with Crippen LogP contribution in [-0.4, -0.2) is 11.9 Å². The standard InChI is InChI=1S/C10H14O3/c1-3-4-5-6-8-7(2)9(11)13-10(8)12/h3-6H2,1-2H3. The lowest BCUT2D eigenvalue weighted by atomic mass is 10.0. The highest BCUT2D eigenvalue weighted by molar-refractivity contribution is 6.11. The van der Waals surface area contributed by atoms with Crippen molar-refractivity contribution in [2.24, 2.45) is 0 Å². The zero-order valence-corrected chi connectivity index (χ0v) is 8.05. The molecular formula is C10H14O3. The number of rotatable bonds is 4. The predicted octanol–water partition coefficient (Wildman–Crippen LogP) is 1.97. The molecule has 0 bridgehead atoms. The second-order valence-electron chi connectivity index (χ2n) is 3.24. The van der Waals surface area contributed by atoms with E-state index < -0.39 is 11.9 Å². The van der Waals surface area contributed by atoms with Crippen molar-refractivity contribution in [1.29, 1.82) is 0 Å². The fourth-order valence-corrected chi connectivity index (χ4v) is 1.34. The Labute approximate surface area is 77.8 Å². The first-order chi connectivity index (χ1) is 6.16. The fraction of sp³-hybridized carbons (Fsp3) is 0.600. The van der Waals surface area contributed by atoms with E-state index in [4.69, 9.17) is 0 Å². The van der Waals surface area contributed by atoms with E-state index in [1.807, 2.05) is 0 Å². The van der Waals surface area contributed by atoms with Crippen LogP contribution in [0.2, 0.25) is 0 Å². The molecule has 0 N–H and O–H groups in total. The fourth-order valence-electron chi connectivity index (χ4n) is 1.34. The van der Waals surface area contributed by atoms with Crippen LogP contribution in [0.3, 0.4) is 0 Å². The van der Waals surface area contributed by atoms with E-state index in [2.05, 4.69) is 11.7 Å². The molecule has 1 rings (SSSR count). The molecule has 3 heteroatoms. The van der Waals surface area contributed by atoms with Crippen LogP contribution in [0, 0.1) is 0 Å². The third kappa shape index (κ3) is 2.17. The molecule has 0 unspecified atom stereocenters. The Hall–Kier alpha value is -1.12. The van der Waals surface area contributed by atoms with Crippen LogP contribution in [0.25, 0.3) is 0 Å². The van der Waals surface area contributed by atoms with Crippen LogP contribution in [0.5, 0.6) is 0 Å². The first-order valence-corrected chi connectivity index (χ1v) is 4.63. The molecule has 0 atom stereocenters. The van der Waals surface area contributed by atoms with Gasteiger partial charge in [-0.15, -0.1) is 0 Å². The third-order valence-electron chi connectivity index (χ3n) is 2.22. The highest BCUT2D eigenvalue weighted by Gasteiger charge is 2.28. The Morgan fingerprint density at radius 2 is 1.85 bits per heavy atom. The van der Waals surface area contributed by atoms with E-state index in [1.165, 1.54) is 0 Å². The van der Waals surface area contributed by atoms with Crippen LogP contribution in [-0.2, 0) is 14.3 Å². The summed E-state index contributed by atoms with van der Waals surface area (Å²) in [5.41, 5.74) is 1.06. The summed E-state index contributed by atoms with van der Waals surface area (Å²) in [7, 11) is 0. The molecule has 0 amide bonds. The molecule has 1 heterocycles. The topological polar surface area (TPSA) is 43.4 Å². The highest BCUT2D eigenvalue weighted by Crippen LogP contribution is 2.21. The highest BCUT2D eigenvalue weighted by atomic mass is 16.6. The molecule has 1 aliphatic rings. The van der Waals surface area contributed by atoms with E-state index in [0.29, 0.717) is 17.6 Å². The smallest absolute Gasteiger partial charge is 0.342 e. The number of carbonyl (C=O) groups is 2. The summed E-state index contributed by atoms with van der Waals surface area (Å²) in [6.07, 6.45) is 3.81. The summed E-state index contributed by atoms with van der Waals surface area (Å²) in [5, 5.41) is 0. The minimum absolute atomic E-state index is 0.446. The molecule has 3 nitrogen and oxygen atoms in total. The van der Waals surface area contributed by atoms with E-state index >= 15 is 0 Å². The number of carbonyl (C=O) groups excluding carboxylic acids is 2. The molecule has 72 valence electrons. The summed E-state index contributed by atoms with van der Waals surface area (Å²) < 4.78 is 4.46. The molecular weight excluding hydrogens is 168 g/mol. The molecule has 0 saturated heterocycles. The lowest BCUT2D eigenvalue weighted by molar-refractivity contribution is -0.151. The Balaban J connectivity index is 2.56. The van der Waals surface area contributed by atoms with Crippen molar-refractivity contribution < 1.29 is 14.3 Å². The van der Waals surface area contributed by atoms with E-state index in [9.17, 15) is 9.59 Å². The summed E-state index contributed by atoms with van der Waals surface area (Å²) in [6.45, 7) is 3.74. The van der Waals surface area contributed by atoms with Gasteiger partial charge in [0.1, 0.15) is 0 Å². The molecule has 0 saturated carbocycles. The Morgan fingerprint density at radius 1 is 1.15 bits per heavy atom. The Kier molecular flexibility index (Phi) is 3.23. The van der Waals surface area contributed by atoms with Crippen molar-refractivity contribution in [2.75, 3.05) is 0 Å². The molecule has 0 spiro atoms. The van der Waals surface area contributed by atoms with Crippen molar-refractivity contribution in [3.05, 3.63) is 11.1 Å². The van der Waals surface area contributed by atoms with Gasteiger partial charge in [0, 0.05) is 11.1 Å². The Bertz CT molecular complexity index is 263. The molecule has 0 radical (unpaired) electrons. The van der Waals surface area contributed by atoms with Crippen molar-refractivity contribution in [3.8, 4) is 0 Å².